The molecule has 3 N–H and O–H groups in total. The van der Waals surface area contributed by atoms with Crippen LogP contribution in [0.2, 0.25) is 0 Å². The van der Waals surface area contributed by atoms with Gasteiger partial charge >= 0.3 is 0 Å². The van der Waals surface area contributed by atoms with Gasteiger partial charge in [-0.05, 0) is 19.4 Å². The van der Waals surface area contributed by atoms with E-state index in [2.05, 4.69) is 17.1 Å². The van der Waals surface area contributed by atoms with E-state index in [-0.39, 0.29) is 5.91 Å². The fourth-order valence-electron chi connectivity index (χ4n) is 1.61. The first kappa shape index (κ1) is 8.97. The van der Waals surface area contributed by atoms with Crippen LogP contribution in [0.4, 0.5) is 0 Å². The number of carbonyl (C=O) groups excluding carboxylic acids is 1. The Labute approximate surface area is 78.5 Å². The Kier molecular flexibility index (Phi) is 2.04. The largest absolute Gasteiger partial charge is 0.349 e. The molecule has 0 aromatic rings. The van der Waals surface area contributed by atoms with Gasteiger partial charge in [0.25, 0.3) is 0 Å². The number of nitrogens with zero attached hydrogens (tertiary/aromatic N) is 1. The zero-order chi connectivity index (χ0) is 9.47. The zero-order valence-electron chi connectivity index (χ0n) is 8.05. The summed E-state index contributed by atoms with van der Waals surface area (Å²) in [5.41, 5.74) is 5.25. The number of nitrogens with two attached hydrogens (primary N) is 1. The van der Waals surface area contributed by atoms with Gasteiger partial charge in [0, 0.05) is 13.1 Å². The normalized spacial score (nSPS) is 26.6. The molecule has 0 unspecified atom stereocenters. The van der Waals surface area contributed by atoms with Crippen LogP contribution >= 0.6 is 0 Å². The summed E-state index contributed by atoms with van der Waals surface area (Å²) in [7, 11) is 0. The summed E-state index contributed by atoms with van der Waals surface area (Å²) in [6.07, 6.45) is 1.70. The predicted octanol–water partition coefficient (Wildman–Crippen LogP) is -0.702. The minimum atomic E-state index is -0.507. The Balaban J connectivity index is 1.72. The smallest absolute Gasteiger partial charge is 0.240 e. The van der Waals surface area contributed by atoms with Gasteiger partial charge in [0.2, 0.25) is 5.91 Å². The number of carbonyl (C=O) groups is 1. The van der Waals surface area contributed by atoms with Crippen molar-refractivity contribution in [1.82, 2.24) is 10.2 Å². The van der Waals surface area contributed by atoms with Gasteiger partial charge in [-0.15, -0.1) is 0 Å². The third-order valence-electron chi connectivity index (χ3n) is 2.98. The van der Waals surface area contributed by atoms with Crippen LogP contribution < -0.4 is 11.1 Å². The highest BCUT2D eigenvalue weighted by molar-refractivity contribution is 5.89. The highest BCUT2D eigenvalue weighted by Gasteiger charge is 2.47. The molecule has 13 heavy (non-hydrogen) atoms. The lowest BCUT2D eigenvalue weighted by atomic mass is 10.1. The number of rotatable bonds is 3. The van der Waals surface area contributed by atoms with Gasteiger partial charge < -0.3 is 11.1 Å². The van der Waals surface area contributed by atoms with E-state index < -0.39 is 5.54 Å². The van der Waals surface area contributed by atoms with Gasteiger partial charge in [0.15, 0.2) is 0 Å². The SMILES string of the molecule is CCN1CC(NC(=O)C2(N)CC2)C1. The number of amides is 1. The predicted molar refractivity (Wildman–Crippen MR) is 50.2 cm³/mol. The lowest BCUT2D eigenvalue weighted by molar-refractivity contribution is -0.125. The lowest BCUT2D eigenvalue weighted by Crippen LogP contribution is -2.61. The number of likely N-dealkylation sites (tertiary alicyclic amines) is 1. The second-order valence-corrected chi connectivity index (χ2v) is 4.18. The van der Waals surface area contributed by atoms with Gasteiger partial charge in [-0.25, -0.2) is 0 Å². The van der Waals surface area contributed by atoms with Gasteiger partial charge in [0.1, 0.15) is 0 Å². The van der Waals surface area contributed by atoms with E-state index in [1.807, 2.05) is 0 Å². The van der Waals surface area contributed by atoms with Crippen molar-refractivity contribution in [3.8, 4) is 0 Å². The van der Waals surface area contributed by atoms with Gasteiger partial charge in [-0.3, -0.25) is 9.69 Å². The minimum Gasteiger partial charge on any atom is -0.349 e. The van der Waals surface area contributed by atoms with E-state index in [4.69, 9.17) is 5.73 Å². The first-order valence-electron chi connectivity index (χ1n) is 4.96. The van der Waals surface area contributed by atoms with Crippen molar-refractivity contribution in [3.63, 3.8) is 0 Å². The lowest BCUT2D eigenvalue weighted by Gasteiger charge is -2.39. The third kappa shape index (κ3) is 1.69. The molecule has 1 heterocycles. The highest BCUT2D eigenvalue weighted by atomic mass is 16.2. The molecule has 2 aliphatic rings. The van der Waals surface area contributed by atoms with Crippen LogP contribution in [0, 0.1) is 0 Å². The van der Waals surface area contributed by atoms with Crippen molar-refractivity contribution < 1.29 is 4.79 Å². The third-order valence-corrected chi connectivity index (χ3v) is 2.98. The van der Waals surface area contributed by atoms with Crippen molar-refractivity contribution in [3.05, 3.63) is 0 Å². The van der Waals surface area contributed by atoms with Crippen LogP contribution in [0.15, 0.2) is 0 Å². The molecular weight excluding hydrogens is 166 g/mol. The molecule has 0 aromatic heterocycles. The molecular formula is C9H17N3O. The van der Waals surface area contributed by atoms with Crippen molar-refractivity contribution in [2.45, 2.75) is 31.3 Å². The summed E-state index contributed by atoms with van der Waals surface area (Å²) in [4.78, 5) is 13.8. The van der Waals surface area contributed by atoms with Crippen LogP contribution in [0.3, 0.4) is 0 Å². The van der Waals surface area contributed by atoms with Crippen LogP contribution in [0.5, 0.6) is 0 Å². The molecule has 0 spiro atoms. The van der Waals surface area contributed by atoms with Crippen LogP contribution in [-0.4, -0.2) is 42.0 Å². The summed E-state index contributed by atoms with van der Waals surface area (Å²) in [5.74, 6) is 0.0493. The van der Waals surface area contributed by atoms with Crippen molar-refractivity contribution >= 4 is 5.91 Å². The molecule has 1 aliphatic heterocycles. The van der Waals surface area contributed by atoms with E-state index in [0.717, 1.165) is 32.5 Å². The average molecular weight is 183 g/mol. The maximum atomic E-state index is 11.5. The highest BCUT2D eigenvalue weighted by Crippen LogP contribution is 2.32. The Morgan fingerprint density at radius 1 is 1.62 bits per heavy atom. The Morgan fingerprint density at radius 3 is 2.69 bits per heavy atom. The Hall–Kier alpha value is -0.610. The molecule has 2 rings (SSSR count). The second kappa shape index (κ2) is 2.96. The second-order valence-electron chi connectivity index (χ2n) is 4.18. The fourth-order valence-corrected chi connectivity index (χ4v) is 1.61. The zero-order valence-corrected chi connectivity index (χ0v) is 8.05. The van der Waals surface area contributed by atoms with E-state index >= 15 is 0 Å². The van der Waals surface area contributed by atoms with E-state index in [1.165, 1.54) is 0 Å². The molecule has 0 radical (unpaired) electrons. The molecule has 0 aromatic carbocycles. The molecule has 2 fully saturated rings. The monoisotopic (exact) mass is 183 g/mol. The van der Waals surface area contributed by atoms with Crippen molar-refractivity contribution in [2.24, 2.45) is 5.73 Å². The van der Waals surface area contributed by atoms with Gasteiger partial charge in [-0.2, -0.15) is 0 Å². The standard InChI is InChI=1S/C9H17N3O/c1-2-12-5-7(6-12)11-8(13)9(10)3-4-9/h7H,2-6,10H2,1H3,(H,11,13). The van der Waals surface area contributed by atoms with Crippen molar-refractivity contribution in [1.29, 1.82) is 0 Å². The molecule has 1 aliphatic carbocycles. The number of nitrogens with one attached hydrogen (secondary N) is 1. The Morgan fingerprint density at radius 2 is 2.23 bits per heavy atom. The minimum absolute atomic E-state index is 0.0493. The average Bonchev–Trinajstić information content (AvgIpc) is 2.76. The Bertz CT molecular complexity index is 219. The number of hydrogen-bond donors (Lipinski definition) is 2. The molecule has 4 heteroatoms. The summed E-state index contributed by atoms with van der Waals surface area (Å²) in [6.45, 7) is 5.17. The first-order chi connectivity index (χ1) is 6.14. The van der Waals surface area contributed by atoms with E-state index in [0.29, 0.717) is 6.04 Å². The van der Waals surface area contributed by atoms with Gasteiger partial charge in [-0.1, -0.05) is 6.92 Å². The van der Waals surface area contributed by atoms with Crippen LogP contribution in [0.1, 0.15) is 19.8 Å². The molecule has 1 saturated heterocycles. The first-order valence-corrected chi connectivity index (χ1v) is 4.96. The molecule has 0 bridgehead atoms. The molecule has 4 nitrogen and oxygen atoms in total. The summed E-state index contributed by atoms with van der Waals surface area (Å²) in [5, 5.41) is 2.98. The molecule has 0 atom stereocenters. The molecule has 1 saturated carbocycles. The quantitative estimate of drug-likeness (QED) is 0.608. The van der Waals surface area contributed by atoms with Crippen molar-refractivity contribution in [2.75, 3.05) is 19.6 Å². The van der Waals surface area contributed by atoms with E-state index in [1.54, 1.807) is 0 Å². The number of hydrogen-bond acceptors (Lipinski definition) is 3. The summed E-state index contributed by atoms with van der Waals surface area (Å²) in [6, 6.07) is 0.341. The molecule has 1 amide bonds. The summed E-state index contributed by atoms with van der Waals surface area (Å²) >= 11 is 0. The topological polar surface area (TPSA) is 58.4 Å². The molecule has 74 valence electrons. The van der Waals surface area contributed by atoms with Crippen LogP contribution in [-0.2, 0) is 4.79 Å². The maximum Gasteiger partial charge on any atom is 0.240 e. The maximum absolute atomic E-state index is 11.5. The van der Waals surface area contributed by atoms with E-state index in [9.17, 15) is 4.79 Å². The summed E-state index contributed by atoms with van der Waals surface area (Å²) < 4.78 is 0. The van der Waals surface area contributed by atoms with Gasteiger partial charge in [0.05, 0.1) is 11.6 Å². The number of likely N-dealkylation sites (N-methyl/N-ethyl adjacent to an activating group) is 1. The van der Waals surface area contributed by atoms with Crippen LogP contribution in [0.25, 0.3) is 0 Å². The fraction of sp³-hybridized carbons (Fsp3) is 0.889.